The van der Waals surface area contributed by atoms with Gasteiger partial charge in [0.15, 0.2) is 11.0 Å². The van der Waals surface area contributed by atoms with Crippen LogP contribution in [-0.4, -0.2) is 32.3 Å². The van der Waals surface area contributed by atoms with E-state index in [2.05, 4.69) is 43.4 Å². The lowest BCUT2D eigenvalue weighted by atomic mass is 10.2. The summed E-state index contributed by atoms with van der Waals surface area (Å²) < 4.78 is 3.00. The molecule has 2 amide bonds. The molecule has 0 spiro atoms. The van der Waals surface area contributed by atoms with Crippen LogP contribution in [0.4, 0.5) is 5.69 Å². The number of anilines is 1. The third-order valence-electron chi connectivity index (χ3n) is 4.77. The van der Waals surface area contributed by atoms with Gasteiger partial charge in [-0.15, -0.1) is 10.2 Å². The van der Waals surface area contributed by atoms with Crippen LogP contribution in [0.5, 0.6) is 0 Å². The largest absolute Gasteiger partial charge is 0.342 e. The highest BCUT2D eigenvalue weighted by Gasteiger charge is 2.20. The highest BCUT2D eigenvalue weighted by Crippen LogP contribution is 2.24. The van der Waals surface area contributed by atoms with E-state index < -0.39 is 6.04 Å². The van der Waals surface area contributed by atoms with Crippen molar-refractivity contribution in [1.29, 1.82) is 0 Å². The summed E-state index contributed by atoms with van der Waals surface area (Å²) in [5, 5.41) is 15.6. The van der Waals surface area contributed by atoms with Crippen LogP contribution in [0, 0.1) is 10.5 Å². The Labute approximate surface area is 220 Å². The van der Waals surface area contributed by atoms with Crippen molar-refractivity contribution in [3.63, 3.8) is 0 Å². The number of aromatic nitrogens is 3. The van der Waals surface area contributed by atoms with Crippen LogP contribution >= 0.6 is 57.6 Å². The van der Waals surface area contributed by atoms with E-state index in [9.17, 15) is 9.59 Å². The number of carbonyl (C=O) groups is 2. The maximum Gasteiger partial charge on any atom is 0.251 e. The SMILES string of the molecule is CCn1c(SCC(=O)Nc2ccc(I)cc2C)nnc1[C@@H](C)NC(=O)c1ccc(Cl)c(Cl)c1. The first kappa shape index (κ1) is 25.8. The fourth-order valence-electron chi connectivity index (χ4n) is 3.09. The Hall–Kier alpha value is -1.82. The molecular weight excluding hydrogens is 596 g/mol. The van der Waals surface area contributed by atoms with Crippen LogP contribution in [0.25, 0.3) is 0 Å². The first-order chi connectivity index (χ1) is 15.7. The fourth-order valence-corrected chi connectivity index (χ4v) is 4.84. The molecule has 0 saturated heterocycles. The molecule has 11 heteroatoms. The van der Waals surface area contributed by atoms with Gasteiger partial charge >= 0.3 is 0 Å². The average Bonchev–Trinajstić information content (AvgIpc) is 3.19. The lowest BCUT2D eigenvalue weighted by molar-refractivity contribution is -0.113. The number of nitrogens with one attached hydrogen (secondary N) is 2. The normalized spacial score (nSPS) is 11.8. The van der Waals surface area contributed by atoms with Crippen LogP contribution in [0.15, 0.2) is 41.6 Å². The number of benzene rings is 2. The quantitative estimate of drug-likeness (QED) is 0.249. The Balaban J connectivity index is 1.64. The molecule has 0 bridgehead atoms. The van der Waals surface area contributed by atoms with Crippen molar-refractivity contribution in [3.05, 3.63) is 67.0 Å². The minimum Gasteiger partial charge on any atom is -0.342 e. The number of thioether (sulfide) groups is 1. The van der Waals surface area contributed by atoms with Gasteiger partial charge in [0.2, 0.25) is 5.91 Å². The Morgan fingerprint density at radius 1 is 1.15 bits per heavy atom. The number of nitrogens with zero attached hydrogens (tertiary/aromatic N) is 3. The van der Waals surface area contributed by atoms with Gasteiger partial charge in [0.05, 0.1) is 21.8 Å². The average molecular weight is 618 g/mol. The minimum absolute atomic E-state index is 0.127. The summed E-state index contributed by atoms with van der Waals surface area (Å²) in [4.78, 5) is 25.1. The molecule has 2 N–H and O–H groups in total. The molecule has 1 aromatic heterocycles. The topological polar surface area (TPSA) is 88.9 Å². The molecule has 0 aliphatic carbocycles. The van der Waals surface area contributed by atoms with E-state index in [0.29, 0.717) is 33.1 Å². The smallest absolute Gasteiger partial charge is 0.251 e. The van der Waals surface area contributed by atoms with E-state index in [0.717, 1.165) is 14.8 Å². The van der Waals surface area contributed by atoms with Gasteiger partial charge in [0.25, 0.3) is 5.91 Å². The lowest BCUT2D eigenvalue weighted by Crippen LogP contribution is -2.28. The predicted octanol–water partition coefficient (Wildman–Crippen LogP) is 5.74. The van der Waals surface area contributed by atoms with Crippen LogP contribution in [-0.2, 0) is 11.3 Å². The van der Waals surface area contributed by atoms with Crippen molar-refractivity contribution in [1.82, 2.24) is 20.1 Å². The zero-order valence-corrected chi connectivity index (χ0v) is 22.6. The first-order valence-electron chi connectivity index (χ1n) is 10.1. The molecule has 3 aromatic rings. The van der Waals surface area contributed by atoms with Crippen LogP contribution in [0.2, 0.25) is 10.0 Å². The third kappa shape index (κ3) is 6.62. The second-order valence-electron chi connectivity index (χ2n) is 7.21. The third-order valence-corrected chi connectivity index (χ3v) is 7.15. The van der Waals surface area contributed by atoms with Gasteiger partial charge in [0, 0.05) is 21.4 Å². The van der Waals surface area contributed by atoms with E-state index in [1.807, 2.05) is 43.5 Å². The Morgan fingerprint density at radius 2 is 1.91 bits per heavy atom. The standard InChI is InChI=1S/C22H22Cl2IN5O2S/c1-4-30-20(13(3)26-21(32)14-5-7-16(23)17(24)10-14)28-29-22(30)33-11-19(31)27-18-8-6-15(25)9-12(18)2/h5-10,13H,4,11H2,1-3H3,(H,26,32)(H,27,31)/t13-/m1/s1. The summed E-state index contributed by atoms with van der Waals surface area (Å²) in [6.07, 6.45) is 0. The van der Waals surface area contributed by atoms with Gasteiger partial charge in [-0.2, -0.15) is 0 Å². The molecule has 174 valence electrons. The number of rotatable bonds is 8. The van der Waals surface area contributed by atoms with E-state index in [1.54, 1.807) is 12.1 Å². The molecule has 0 aliphatic heterocycles. The number of aryl methyl sites for hydroxylation is 1. The molecule has 1 atom stereocenters. The van der Waals surface area contributed by atoms with Gasteiger partial charge < -0.3 is 15.2 Å². The predicted molar refractivity (Wildman–Crippen MR) is 141 cm³/mol. The summed E-state index contributed by atoms with van der Waals surface area (Å²) in [7, 11) is 0. The summed E-state index contributed by atoms with van der Waals surface area (Å²) in [6, 6.07) is 10.2. The summed E-state index contributed by atoms with van der Waals surface area (Å²) in [5.74, 6) is 0.362. The van der Waals surface area contributed by atoms with Crippen molar-refractivity contribution in [2.45, 2.75) is 38.5 Å². The molecule has 33 heavy (non-hydrogen) atoms. The lowest BCUT2D eigenvalue weighted by Gasteiger charge is -2.15. The van der Waals surface area contributed by atoms with E-state index >= 15 is 0 Å². The van der Waals surface area contributed by atoms with Crippen LogP contribution in [0.1, 0.15) is 41.6 Å². The van der Waals surface area contributed by atoms with Gasteiger partial charge in [-0.05, 0) is 85.3 Å². The molecule has 0 unspecified atom stereocenters. The van der Waals surface area contributed by atoms with Gasteiger partial charge in [-0.3, -0.25) is 9.59 Å². The Kier molecular flexibility index (Phi) is 9.02. The fraction of sp³-hybridized carbons (Fsp3) is 0.273. The second kappa shape index (κ2) is 11.5. The minimum atomic E-state index is -0.406. The molecular formula is C22H22Cl2IN5O2S. The summed E-state index contributed by atoms with van der Waals surface area (Å²) >= 11 is 15.5. The molecule has 2 aromatic carbocycles. The number of hydrogen-bond acceptors (Lipinski definition) is 5. The zero-order valence-electron chi connectivity index (χ0n) is 18.2. The zero-order chi connectivity index (χ0) is 24.1. The maximum absolute atomic E-state index is 12.6. The number of halogens is 3. The van der Waals surface area contributed by atoms with Crippen LogP contribution < -0.4 is 10.6 Å². The second-order valence-corrected chi connectivity index (χ2v) is 10.2. The monoisotopic (exact) mass is 617 g/mol. The Bertz CT molecular complexity index is 1190. The van der Waals surface area contributed by atoms with Gasteiger partial charge in [-0.1, -0.05) is 35.0 Å². The van der Waals surface area contributed by atoms with E-state index in [1.165, 1.54) is 17.8 Å². The summed E-state index contributed by atoms with van der Waals surface area (Å²) in [5.41, 5.74) is 2.19. The maximum atomic E-state index is 12.6. The molecule has 3 rings (SSSR count). The van der Waals surface area contributed by atoms with Gasteiger partial charge in [0.1, 0.15) is 0 Å². The van der Waals surface area contributed by atoms with Crippen molar-refractivity contribution in [2.75, 3.05) is 11.1 Å². The number of hydrogen-bond donors (Lipinski definition) is 2. The molecule has 7 nitrogen and oxygen atoms in total. The van der Waals surface area contributed by atoms with Crippen molar-refractivity contribution in [3.8, 4) is 0 Å². The van der Waals surface area contributed by atoms with Gasteiger partial charge in [-0.25, -0.2) is 0 Å². The Morgan fingerprint density at radius 3 is 2.58 bits per heavy atom. The van der Waals surface area contributed by atoms with E-state index in [-0.39, 0.29) is 17.6 Å². The molecule has 0 fully saturated rings. The van der Waals surface area contributed by atoms with Crippen molar-refractivity contribution >= 4 is 75.1 Å². The van der Waals surface area contributed by atoms with Crippen molar-refractivity contribution in [2.24, 2.45) is 0 Å². The summed E-state index contributed by atoms with van der Waals surface area (Å²) in [6.45, 7) is 6.33. The highest BCUT2D eigenvalue weighted by atomic mass is 127. The molecule has 1 heterocycles. The highest BCUT2D eigenvalue weighted by molar-refractivity contribution is 14.1. The molecule has 0 saturated carbocycles. The number of amides is 2. The molecule has 0 aliphatic rings. The number of carbonyl (C=O) groups excluding carboxylic acids is 2. The van der Waals surface area contributed by atoms with Crippen LogP contribution in [0.3, 0.4) is 0 Å². The van der Waals surface area contributed by atoms with E-state index in [4.69, 9.17) is 23.2 Å². The van der Waals surface area contributed by atoms with Crippen molar-refractivity contribution < 1.29 is 9.59 Å². The first-order valence-corrected chi connectivity index (χ1v) is 12.9. The molecule has 0 radical (unpaired) electrons.